The molecule has 5 heteroatoms. The topological polar surface area (TPSA) is 58.4 Å². The van der Waals surface area contributed by atoms with Crippen LogP contribution in [-0.2, 0) is 0 Å². The highest BCUT2D eigenvalue weighted by Crippen LogP contribution is 2.35. The lowest BCUT2D eigenvalue weighted by atomic mass is 10.2. The number of nitrogens with one attached hydrogen (secondary N) is 1. The van der Waals surface area contributed by atoms with E-state index in [9.17, 15) is 10.1 Å². The molecular formula is C11H17N3O2. The van der Waals surface area contributed by atoms with Crippen LogP contribution in [0.3, 0.4) is 0 Å². The number of anilines is 2. The zero-order chi connectivity index (χ0) is 12.3. The van der Waals surface area contributed by atoms with E-state index >= 15 is 0 Å². The van der Waals surface area contributed by atoms with Gasteiger partial charge in [-0.05, 0) is 26.0 Å². The van der Waals surface area contributed by atoms with Gasteiger partial charge in [-0.15, -0.1) is 0 Å². The first-order valence-corrected chi connectivity index (χ1v) is 5.17. The van der Waals surface area contributed by atoms with Gasteiger partial charge in [0.05, 0.1) is 4.92 Å². The van der Waals surface area contributed by atoms with Gasteiger partial charge in [0.2, 0.25) is 0 Å². The molecule has 1 N–H and O–H groups in total. The van der Waals surface area contributed by atoms with Crippen LogP contribution in [-0.4, -0.2) is 25.1 Å². The fraction of sp³-hybridized carbons (Fsp3) is 0.455. The minimum atomic E-state index is -0.347. The fourth-order valence-electron chi connectivity index (χ4n) is 1.49. The molecule has 0 spiro atoms. The van der Waals surface area contributed by atoms with Crippen LogP contribution < -0.4 is 10.2 Å². The lowest BCUT2D eigenvalue weighted by Crippen LogP contribution is -2.26. The summed E-state index contributed by atoms with van der Waals surface area (Å²) in [6.45, 7) is 3.99. The molecule has 0 saturated carbocycles. The van der Waals surface area contributed by atoms with Gasteiger partial charge in [0.15, 0.2) is 0 Å². The zero-order valence-corrected chi connectivity index (χ0v) is 10.0. The Hall–Kier alpha value is -1.78. The molecular weight excluding hydrogens is 206 g/mol. The van der Waals surface area contributed by atoms with Gasteiger partial charge in [-0.25, -0.2) is 0 Å². The lowest BCUT2D eigenvalue weighted by molar-refractivity contribution is -0.383. The Morgan fingerprint density at radius 1 is 1.44 bits per heavy atom. The molecule has 0 radical (unpaired) electrons. The van der Waals surface area contributed by atoms with E-state index in [1.807, 2.05) is 31.9 Å². The highest BCUT2D eigenvalue weighted by atomic mass is 16.6. The number of nitro groups is 1. The summed E-state index contributed by atoms with van der Waals surface area (Å²) in [5, 5.41) is 13.9. The second kappa shape index (κ2) is 4.83. The minimum Gasteiger partial charge on any atom is -0.382 e. The SMILES string of the molecule is CNc1cccc(N(C)C(C)C)c1[N+](=O)[O-]. The molecule has 0 aliphatic rings. The molecule has 1 aromatic rings. The fourth-order valence-corrected chi connectivity index (χ4v) is 1.49. The van der Waals surface area contributed by atoms with Gasteiger partial charge in [0, 0.05) is 20.1 Å². The van der Waals surface area contributed by atoms with Gasteiger partial charge in [-0.1, -0.05) is 6.07 Å². The molecule has 1 aromatic carbocycles. The van der Waals surface area contributed by atoms with Crippen LogP contribution in [0.15, 0.2) is 18.2 Å². The Bertz CT molecular complexity index is 391. The summed E-state index contributed by atoms with van der Waals surface area (Å²) in [4.78, 5) is 12.6. The van der Waals surface area contributed by atoms with Crippen molar-refractivity contribution in [3.63, 3.8) is 0 Å². The van der Waals surface area contributed by atoms with Crippen LogP contribution in [0.5, 0.6) is 0 Å². The minimum absolute atomic E-state index is 0.126. The third kappa shape index (κ3) is 2.24. The summed E-state index contributed by atoms with van der Waals surface area (Å²) >= 11 is 0. The van der Waals surface area contributed by atoms with Gasteiger partial charge >= 0.3 is 5.69 Å². The predicted molar refractivity (Wildman–Crippen MR) is 66.2 cm³/mol. The van der Waals surface area contributed by atoms with Crippen LogP contribution in [0.4, 0.5) is 17.1 Å². The van der Waals surface area contributed by atoms with Crippen molar-refractivity contribution in [1.82, 2.24) is 0 Å². The average molecular weight is 223 g/mol. The molecule has 0 unspecified atom stereocenters. The van der Waals surface area contributed by atoms with Crippen LogP contribution in [0.2, 0.25) is 0 Å². The van der Waals surface area contributed by atoms with E-state index in [1.165, 1.54) is 0 Å². The Morgan fingerprint density at radius 3 is 2.50 bits per heavy atom. The van der Waals surface area contributed by atoms with Crippen LogP contribution >= 0.6 is 0 Å². The molecule has 0 aliphatic carbocycles. The molecule has 0 aromatic heterocycles. The quantitative estimate of drug-likeness (QED) is 0.629. The maximum Gasteiger partial charge on any atom is 0.315 e. The van der Waals surface area contributed by atoms with Crippen molar-refractivity contribution in [3.8, 4) is 0 Å². The first-order valence-electron chi connectivity index (χ1n) is 5.17. The number of nitro benzene ring substituents is 1. The summed E-state index contributed by atoms with van der Waals surface area (Å²) in [6.07, 6.45) is 0. The first kappa shape index (κ1) is 12.3. The van der Waals surface area contributed by atoms with Gasteiger partial charge in [0.1, 0.15) is 11.4 Å². The Morgan fingerprint density at radius 2 is 2.06 bits per heavy atom. The Labute approximate surface area is 95.2 Å². The van der Waals surface area contributed by atoms with E-state index in [4.69, 9.17) is 0 Å². The van der Waals surface area contributed by atoms with E-state index < -0.39 is 0 Å². The maximum atomic E-state index is 11.1. The molecule has 0 fully saturated rings. The Kier molecular flexibility index (Phi) is 3.71. The summed E-state index contributed by atoms with van der Waals surface area (Å²) in [5.74, 6) is 0. The van der Waals surface area contributed by atoms with Crippen LogP contribution in [0.1, 0.15) is 13.8 Å². The van der Waals surface area contributed by atoms with Gasteiger partial charge < -0.3 is 10.2 Å². The van der Waals surface area contributed by atoms with Gasteiger partial charge in [-0.3, -0.25) is 10.1 Å². The molecule has 16 heavy (non-hydrogen) atoms. The smallest absolute Gasteiger partial charge is 0.315 e. The second-order valence-corrected chi connectivity index (χ2v) is 3.89. The first-order chi connectivity index (χ1) is 7.49. The number of nitrogens with zero attached hydrogens (tertiary/aromatic N) is 2. The standard InChI is InChI=1S/C11H17N3O2/c1-8(2)13(4)10-7-5-6-9(12-3)11(10)14(15)16/h5-8,12H,1-4H3. The third-order valence-electron chi connectivity index (χ3n) is 2.62. The number of hydrogen-bond acceptors (Lipinski definition) is 4. The largest absolute Gasteiger partial charge is 0.382 e. The van der Waals surface area contributed by atoms with Gasteiger partial charge in [-0.2, -0.15) is 0 Å². The van der Waals surface area contributed by atoms with E-state index in [0.29, 0.717) is 11.4 Å². The number of benzene rings is 1. The molecule has 0 saturated heterocycles. The van der Waals surface area contributed by atoms with E-state index in [2.05, 4.69) is 5.32 Å². The third-order valence-corrected chi connectivity index (χ3v) is 2.62. The van der Waals surface area contributed by atoms with Crippen LogP contribution in [0.25, 0.3) is 0 Å². The van der Waals surface area contributed by atoms with Crippen LogP contribution in [0, 0.1) is 10.1 Å². The normalized spacial score (nSPS) is 10.3. The average Bonchev–Trinajstić information content (AvgIpc) is 2.26. The van der Waals surface area contributed by atoms with Crippen molar-refractivity contribution in [2.45, 2.75) is 19.9 Å². The summed E-state index contributed by atoms with van der Waals surface area (Å²) in [5.41, 5.74) is 1.29. The number of hydrogen-bond donors (Lipinski definition) is 1. The van der Waals surface area contributed by atoms with Crippen molar-refractivity contribution in [1.29, 1.82) is 0 Å². The molecule has 5 nitrogen and oxygen atoms in total. The second-order valence-electron chi connectivity index (χ2n) is 3.89. The van der Waals surface area contributed by atoms with Crippen molar-refractivity contribution in [2.75, 3.05) is 24.3 Å². The number of rotatable bonds is 4. The summed E-state index contributed by atoms with van der Waals surface area (Å²) in [6, 6.07) is 5.49. The zero-order valence-electron chi connectivity index (χ0n) is 10.0. The van der Waals surface area contributed by atoms with E-state index in [1.54, 1.807) is 19.2 Å². The molecule has 1 rings (SSSR count). The summed E-state index contributed by atoms with van der Waals surface area (Å²) < 4.78 is 0. The molecule has 0 amide bonds. The summed E-state index contributed by atoms with van der Waals surface area (Å²) in [7, 11) is 3.54. The molecule has 0 atom stereocenters. The van der Waals surface area contributed by atoms with E-state index in [0.717, 1.165) is 0 Å². The maximum absolute atomic E-state index is 11.1. The van der Waals surface area contributed by atoms with Crippen molar-refractivity contribution in [3.05, 3.63) is 28.3 Å². The highest BCUT2D eigenvalue weighted by molar-refractivity contribution is 5.76. The van der Waals surface area contributed by atoms with Gasteiger partial charge in [0.25, 0.3) is 0 Å². The van der Waals surface area contributed by atoms with Crippen molar-refractivity contribution >= 4 is 17.1 Å². The predicted octanol–water partition coefficient (Wildman–Crippen LogP) is 2.48. The molecule has 0 bridgehead atoms. The monoisotopic (exact) mass is 223 g/mol. The molecule has 0 heterocycles. The lowest BCUT2D eigenvalue weighted by Gasteiger charge is -2.24. The van der Waals surface area contributed by atoms with Crippen molar-refractivity contribution in [2.24, 2.45) is 0 Å². The molecule has 88 valence electrons. The van der Waals surface area contributed by atoms with Crippen molar-refractivity contribution < 1.29 is 4.92 Å². The van der Waals surface area contributed by atoms with E-state index in [-0.39, 0.29) is 16.7 Å². The Balaban J connectivity index is 3.33. The molecule has 0 aliphatic heterocycles. The highest BCUT2D eigenvalue weighted by Gasteiger charge is 2.22. The number of para-hydroxylation sites is 1.